The third kappa shape index (κ3) is 2.95. The normalized spacial score (nSPS) is 31.8. The fourth-order valence-electron chi connectivity index (χ4n) is 2.71. The minimum Gasteiger partial charge on any atom is -0.444 e. The summed E-state index contributed by atoms with van der Waals surface area (Å²) in [5.74, 6) is 0.469. The van der Waals surface area contributed by atoms with Crippen LogP contribution >= 0.6 is 11.8 Å². The molecule has 116 valence electrons. The quantitative estimate of drug-likeness (QED) is 0.841. The number of amides is 2. The maximum absolute atomic E-state index is 12.7. The van der Waals surface area contributed by atoms with Crippen LogP contribution in [0.25, 0.3) is 0 Å². The van der Waals surface area contributed by atoms with Crippen LogP contribution in [0.1, 0.15) is 40.5 Å². The van der Waals surface area contributed by atoms with Gasteiger partial charge in [-0.25, -0.2) is 4.79 Å². The molecule has 6 nitrogen and oxygen atoms in total. The average molecular weight is 311 g/mol. The Labute approximate surface area is 129 Å². The van der Waals surface area contributed by atoms with Crippen molar-refractivity contribution < 1.29 is 14.3 Å². The first-order chi connectivity index (χ1) is 9.72. The molecule has 2 heterocycles. The van der Waals surface area contributed by atoms with Crippen LogP contribution in [0.4, 0.5) is 4.79 Å². The van der Waals surface area contributed by atoms with Crippen LogP contribution in [-0.4, -0.2) is 45.2 Å². The number of nitriles is 1. The fraction of sp³-hybridized carbons (Fsp3) is 0.786. The van der Waals surface area contributed by atoms with Gasteiger partial charge >= 0.3 is 6.09 Å². The molecule has 2 aliphatic heterocycles. The predicted molar refractivity (Wildman–Crippen MR) is 79.5 cm³/mol. The highest BCUT2D eigenvalue weighted by atomic mass is 32.2. The molecular weight excluding hydrogens is 290 g/mol. The number of thioether (sulfide) groups is 1. The molecule has 2 fully saturated rings. The van der Waals surface area contributed by atoms with E-state index in [1.807, 2.05) is 6.92 Å². The Bertz CT molecular complexity index is 497. The van der Waals surface area contributed by atoms with Gasteiger partial charge in [-0.1, -0.05) is 6.92 Å². The summed E-state index contributed by atoms with van der Waals surface area (Å²) in [7, 11) is 0. The molecule has 0 bridgehead atoms. The molecule has 2 aliphatic rings. The van der Waals surface area contributed by atoms with Crippen LogP contribution in [0.2, 0.25) is 0 Å². The number of fused-ring (bicyclic) bond motifs is 1. The molecule has 0 aromatic rings. The van der Waals surface area contributed by atoms with Gasteiger partial charge in [0.15, 0.2) is 0 Å². The molecule has 3 atom stereocenters. The SMILES string of the molecule is CCC1(NC(=O)OC(C)(C)C)CC2SCC(C#N)N2C1=O. The van der Waals surface area contributed by atoms with E-state index in [0.717, 1.165) is 0 Å². The van der Waals surface area contributed by atoms with Gasteiger partial charge < -0.3 is 15.0 Å². The van der Waals surface area contributed by atoms with Crippen molar-refractivity contribution in [3.05, 3.63) is 0 Å². The molecular formula is C14H21N3O3S. The zero-order valence-electron chi connectivity index (χ0n) is 12.8. The lowest BCUT2D eigenvalue weighted by Gasteiger charge is -2.30. The highest BCUT2D eigenvalue weighted by molar-refractivity contribution is 8.00. The van der Waals surface area contributed by atoms with Gasteiger partial charge in [0.25, 0.3) is 5.91 Å². The highest BCUT2D eigenvalue weighted by Crippen LogP contribution is 2.43. The lowest BCUT2D eigenvalue weighted by Crippen LogP contribution is -2.55. The lowest BCUT2D eigenvalue weighted by molar-refractivity contribution is -0.134. The highest BCUT2D eigenvalue weighted by Gasteiger charge is 2.56. The Morgan fingerprint density at radius 1 is 1.62 bits per heavy atom. The largest absolute Gasteiger partial charge is 0.444 e. The number of nitrogens with zero attached hydrogens (tertiary/aromatic N) is 2. The molecule has 0 radical (unpaired) electrons. The van der Waals surface area contributed by atoms with E-state index in [4.69, 9.17) is 10.00 Å². The number of hydrogen-bond donors (Lipinski definition) is 1. The topological polar surface area (TPSA) is 82.4 Å². The second kappa shape index (κ2) is 5.41. The van der Waals surface area contributed by atoms with Crippen molar-refractivity contribution in [3.8, 4) is 6.07 Å². The zero-order valence-corrected chi connectivity index (χ0v) is 13.6. The van der Waals surface area contributed by atoms with E-state index in [1.165, 1.54) is 0 Å². The number of alkyl carbamates (subject to hydrolysis) is 1. The average Bonchev–Trinajstić information content (AvgIpc) is 2.87. The van der Waals surface area contributed by atoms with E-state index in [-0.39, 0.29) is 11.3 Å². The number of carbonyl (C=O) groups excluding carboxylic acids is 2. The molecule has 0 aliphatic carbocycles. The third-order valence-corrected chi connectivity index (χ3v) is 5.04. The predicted octanol–water partition coefficient (Wildman–Crippen LogP) is 1.86. The van der Waals surface area contributed by atoms with Crippen molar-refractivity contribution in [2.75, 3.05) is 5.75 Å². The smallest absolute Gasteiger partial charge is 0.408 e. The van der Waals surface area contributed by atoms with Crippen LogP contribution < -0.4 is 5.32 Å². The summed E-state index contributed by atoms with van der Waals surface area (Å²) in [4.78, 5) is 26.3. The van der Waals surface area contributed by atoms with E-state index in [9.17, 15) is 9.59 Å². The van der Waals surface area contributed by atoms with Gasteiger partial charge in [-0.15, -0.1) is 11.8 Å². The molecule has 1 N–H and O–H groups in total. The molecule has 2 rings (SSSR count). The van der Waals surface area contributed by atoms with Crippen LogP contribution in [0.3, 0.4) is 0 Å². The van der Waals surface area contributed by atoms with Gasteiger partial charge in [0.1, 0.15) is 17.2 Å². The standard InChI is InChI=1S/C14H21N3O3S/c1-5-14(16-12(19)20-13(2,3)4)6-10-17(11(14)18)9(7-15)8-21-10/h9-10H,5-6,8H2,1-4H3,(H,16,19). The summed E-state index contributed by atoms with van der Waals surface area (Å²) in [6.45, 7) is 7.20. The Balaban J connectivity index is 2.15. The van der Waals surface area contributed by atoms with Gasteiger partial charge in [-0.3, -0.25) is 4.79 Å². The number of ether oxygens (including phenoxy) is 1. The molecule has 0 aromatic heterocycles. The van der Waals surface area contributed by atoms with Gasteiger partial charge in [0.05, 0.1) is 11.4 Å². The van der Waals surface area contributed by atoms with Crippen LogP contribution in [-0.2, 0) is 9.53 Å². The Morgan fingerprint density at radius 3 is 2.81 bits per heavy atom. The van der Waals surface area contributed by atoms with Crippen molar-refractivity contribution in [2.45, 2.75) is 63.1 Å². The fourth-order valence-corrected chi connectivity index (χ4v) is 4.16. The van der Waals surface area contributed by atoms with Crippen molar-refractivity contribution in [1.82, 2.24) is 10.2 Å². The first kappa shape index (κ1) is 16.0. The molecule has 3 unspecified atom stereocenters. The monoisotopic (exact) mass is 311 g/mol. The van der Waals surface area contributed by atoms with E-state index in [1.54, 1.807) is 37.4 Å². The molecule has 0 saturated carbocycles. The van der Waals surface area contributed by atoms with E-state index in [2.05, 4.69) is 11.4 Å². The van der Waals surface area contributed by atoms with Gasteiger partial charge in [0.2, 0.25) is 0 Å². The van der Waals surface area contributed by atoms with Crippen LogP contribution in [0, 0.1) is 11.3 Å². The molecule has 2 amide bonds. The van der Waals surface area contributed by atoms with Gasteiger partial charge in [-0.05, 0) is 27.2 Å². The van der Waals surface area contributed by atoms with Crippen LogP contribution in [0.15, 0.2) is 0 Å². The van der Waals surface area contributed by atoms with Crippen molar-refractivity contribution in [3.63, 3.8) is 0 Å². The number of hydrogen-bond acceptors (Lipinski definition) is 5. The molecule has 7 heteroatoms. The first-order valence-electron chi connectivity index (χ1n) is 7.07. The molecule has 0 spiro atoms. The van der Waals surface area contributed by atoms with E-state index >= 15 is 0 Å². The molecule has 2 saturated heterocycles. The van der Waals surface area contributed by atoms with Crippen molar-refractivity contribution in [2.24, 2.45) is 0 Å². The summed E-state index contributed by atoms with van der Waals surface area (Å²) in [6.07, 6.45) is 0.415. The van der Waals surface area contributed by atoms with Gasteiger partial charge in [-0.2, -0.15) is 5.26 Å². The van der Waals surface area contributed by atoms with Crippen molar-refractivity contribution in [1.29, 1.82) is 5.26 Å². The third-order valence-electron chi connectivity index (χ3n) is 3.75. The molecule has 21 heavy (non-hydrogen) atoms. The number of nitrogens with one attached hydrogen (secondary N) is 1. The summed E-state index contributed by atoms with van der Waals surface area (Å²) < 4.78 is 5.26. The number of rotatable bonds is 2. The van der Waals surface area contributed by atoms with Gasteiger partial charge in [0, 0.05) is 12.2 Å². The maximum atomic E-state index is 12.7. The van der Waals surface area contributed by atoms with E-state index in [0.29, 0.717) is 18.6 Å². The Hall–Kier alpha value is -1.42. The van der Waals surface area contributed by atoms with Crippen LogP contribution in [0.5, 0.6) is 0 Å². The summed E-state index contributed by atoms with van der Waals surface area (Å²) >= 11 is 1.60. The summed E-state index contributed by atoms with van der Waals surface area (Å²) in [5.41, 5.74) is -1.56. The molecule has 0 aromatic carbocycles. The zero-order chi connectivity index (χ0) is 15.8. The lowest BCUT2D eigenvalue weighted by atomic mass is 9.94. The maximum Gasteiger partial charge on any atom is 0.408 e. The minimum absolute atomic E-state index is 0.0305. The minimum atomic E-state index is -0.949. The second-order valence-corrected chi connectivity index (χ2v) is 7.62. The summed E-state index contributed by atoms with van der Waals surface area (Å²) in [6, 6.07) is 1.76. The Kier molecular flexibility index (Phi) is 4.11. The van der Waals surface area contributed by atoms with E-state index < -0.39 is 23.3 Å². The Morgan fingerprint density at radius 2 is 2.29 bits per heavy atom. The van der Waals surface area contributed by atoms with Crippen molar-refractivity contribution >= 4 is 23.8 Å². The summed E-state index contributed by atoms with van der Waals surface area (Å²) in [5, 5.41) is 11.9. The second-order valence-electron chi connectivity index (χ2n) is 6.41. The first-order valence-corrected chi connectivity index (χ1v) is 8.12. The number of carbonyl (C=O) groups is 2.